The second-order valence-electron chi connectivity index (χ2n) is 7.92. The van der Waals surface area contributed by atoms with Crippen LogP contribution in [0.3, 0.4) is 0 Å². The Morgan fingerprint density at radius 3 is 2.61 bits per heavy atom. The van der Waals surface area contributed by atoms with Crippen molar-refractivity contribution < 1.29 is 4.79 Å². The Bertz CT molecular complexity index is 1030. The van der Waals surface area contributed by atoms with Gasteiger partial charge in [0.1, 0.15) is 0 Å². The lowest BCUT2D eigenvalue weighted by Gasteiger charge is -2.29. The number of carbonyl (C=O) groups excluding carboxylic acids is 1. The number of rotatable bonds is 7. The van der Waals surface area contributed by atoms with Crippen LogP contribution in [0.15, 0.2) is 73.1 Å². The van der Waals surface area contributed by atoms with E-state index in [4.69, 9.17) is 12.2 Å². The molecule has 3 heterocycles. The molecule has 0 bridgehead atoms. The molecule has 2 atom stereocenters. The topological polar surface area (TPSA) is 62.2 Å². The van der Waals surface area contributed by atoms with Gasteiger partial charge in [-0.25, -0.2) is 0 Å². The summed E-state index contributed by atoms with van der Waals surface area (Å²) in [7, 11) is 0. The molecule has 1 aliphatic rings. The van der Waals surface area contributed by atoms with Crippen LogP contribution in [0.5, 0.6) is 0 Å². The zero-order valence-corrected chi connectivity index (χ0v) is 18.5. The average Bonchev–Trinajstić information content (AvgIpc) is 3.38. The lowest BCUT2D eigenvalue weighted by Crippen LogP contribution is -2.33. The van der Waals surface area contributed by atoms with E-state index in [9.17, 15) is 4.79 Å². The van der Waals surface area contributed by atoms with E-state index in [0.717, 1.165) is 17.1 Å². The smallest absolute Gasteiger partial charge is 0.226 e. The predicted octanol–water partition coefficient (Wildman–Crippen LogP) is 4.47. The van der Waals surface area contributed by atoms with Crippen LogP contribution in [-0.4, -0.2) is 32.0 Å². The van der Waals surface area contributed by atoms with Gasteiger partial charge in [-0.3, -0.25) is 9.78 Å². The van der Waals surface area contributed by atoms with Crippen molar-refractivity contribution in [1.82, 2.24) is 19.8 Å². The Labute approximate surface area is 188 Å². The van der Waals surface area contributed by atoms with E-state index < -0.39 is 0 Å². The molecular formula is C24H27N5OS. The summed E-state index contributed by atoms with van der Waals surface area (Å²) in [5.74, 6) is -0.0340. The van der Waals surface area contributed by atoms with Crippen LogP contribution in [0.25, 0.3) is 0 Å². The molecular weight excluding hydrogens is 406 g/mol. The highest BCUT2D eigenvalue weighted by molar-refractivity contribution is 7.80. The van der Waals surface area contributed by atoms with E-state index in [1.54, 1.807) is 6.20 Å². The van der Waals surface area contributed by atoms with Crippen LogP contribution in [0.2, 0.25) is 0 Å². The highest BCUT2D eigenvalue weighted by Crippen LogP contribution is 2.39. The molecule has 0 saturated carbocycles. The van der Waals surface area contributed by atoms with E-state index in [2.05, 4.69) is 57.3 Å². The SMILES string of the molecule is CC(C)n1cccc1[C@@H]1[C@@H](c2ccccn2)NC(=S)N1CCC(=O)Nc1ccccc1. The number of amides is 1. The van der Waals surface area contributed by atoms with Crippen LogP contribution >= 0.6 is 12.2 Å². The monoisotopic (exact) mass is 433 g/mol. The third-order valence-corrected chi connectivity index (χ3v) is 5.86. The Hall–Kier alpha value is -3.19. The molecule has 4 rings (SSSR count). The Morgan fingerprint density at radius 1 is 1.13 bits per heavy atom. The van der Waals surface area contributed by atoms with Crippen molar-refractivity contribution in [3.8, 4) is 0 Å². The molecule has 31 heavy (non-hydrogen) atoms. The van der Waals surface area contributed by atoms with Crippen LogP contribution in [-0.2, 0) is 4.79 Å². The van der Waals surface area contributed by atoms with E-state index in [1.165, 1.54) is 0 Å². The first-order valence-corrected chi connectivity index (χ1v) is 10.9. The summed E-state index contributed by atoms with van der Waals surface area (Å²) in [6, 6.07) is 19.8. The van der Waals surface area contributed by atoms with Crippen molar-refractivity contribution in [1.29, 1.82) is 0 Å². The van der Waals surface area contributed by atoms with Gasteiger partial charge < -0.3 is 20.1 Å². The maximum Gasteiger partial charge on any atom is 0.226 e. The van der Waals surface area contributed by atoms with Crippen LogP contribution in [0.1, 0.15) is 49.8 Å². The molecule has 7 heteroatoms. The van der Waals surface area contributed by atoms with Crippen molar-refractivity contribution >= 4 is 28.9 Å². The molecule has 0 unspecified atom stereocenters. The molecule has 1 saturated heterocycles. The van der Waals surface area contributed by atoms with Gasteiger partial charge in [0.2, 0.25) is 5.91 Å². The highest BCUT2D eigenvalue weighted by atomic mass is 32.1. The molecule has 0 radical (unpaired) electrons. The van der Waals surface area contributed by atoms with Gasteiger partial charge in [0, 0.05) is 42.8 Å². The third-order valence-electron chi connectivity index (χ3n) is 5.51. The normalized spacial score (nSPS) is 18.3. The second-order valence-corrected chi connectivity index (χ2v) is 8.30. The third kappa shape index (κ3) is 4.61. The van der Waals surface area contributed by atoms with Crippen molar-refractivity contribution in [2.75, 3.05) is 11.9 Å². The van der Waals surface area contributed by atoms with E-state index >= 15 is 0 Å². The van der Waals surface area contributed by atoms with Gasteiger partial charge in [-0.1, -0.05) is 24.3 Å². The minimum absolute atomic E-state index is 0.0340. The number of benzene rings is 1. The number of carbonyl (C=O) groups is 1. The lowest BCUT2D eigenvalue weighted by atomic mass is 10.0. The minimum atomic E-state index is -0.0849. The minimum Gasteiger partial charge on any atom is -0.352 e. The van der Waals surface area contributed by atoms with Gasteiger partial charge >= 0.3 is 0 Å². The van der Waals surface area contributed by atoms with E-state index in [0.29, 0.717) is 24.1 Å². The largest absolute Gasteiger partial charge is 0.352 e. The fourth-order valence-corrected chi connectivity index (χ4v) is 4.39. The number of anilines is 1. The number of nitrogens with zero attached hydrogens (tertiary/aromatic N) is 3. The number of hydrogen-bond donors (Lipinski definition) is 2. The van der Waals surface area contributed by atoms with E-state index in [1.807, 2.05) is 48.5 Å². The molecule has 160 valence electrons. The Balaban J connectivity index is 1.58. The molecule has 2 N–H and O–H groups in total. The molecule has 0 aliphatic carbocycles. The first-order valence-electron chi connectivity index (χ1n) is 10.5. The summed E-state index contributed by atoms with van der Waals surface area (Å²) in [5.41, 5.74) is 2.88. The van der Waals surface area contributed by atoms with Crippen molar-refractivity contribution in [3.63, 3.8) is 0 Å². The summed E-state index contributed by atoms with van der Waals surface area (Å²) in [6.07, 6.45) is 4.23. The van der Waals surface area contributed by atoms with Crippen molar-refractivity contribution in [3.05, 3.63) is 84.4 Å². The number of thiocarbonyl (C=S) groups is 1. The lowest BCUT2D eigenvalue weighted by molar-refractivity contribution is -0.116. The number of hydrogen-bond acceptors (Lipinski definition) is 3. The molecule has 1 amide bonds. The second kappa shape index (κ2) is 9.31. The molecule has 1 fully saturated rings. The summed E-state index contributed by atoms with van der Waals surface area (Å²) in [5, 5.41) is 7.05. The first-order chi connectivity index (χ1) is 15.0. The zero-order valence-electron chi connectivity index (χ0n) is 17.7. The van der Waals surface area contributed by atoms with Gasteiger partial charge in [0.25, 0.3) is 0 Å². The number of para-hydroxylation sites is 1. The fraction of sp³-hybridized carbons (Fsp3) is 0.292. The van der Waals surface area contributed by atoms with Crippen molar-refractivity contribution in [2.24, 2.45) is 0 Å². The maximum atomic E-state index is 12.6. The fourth-order valence-electron chi connectivity index (χ4n) is 4.06. The van der Waals surface area contributed by atoms with Crippen LogP contribution in [0.4, 0.5) is 5.69 Å². The van der Waals surface area contributed by atoms with Crippen LogP contribution < -0.4 is 10.6 Å². The molecule has 6 nitrogen and oxygen atoms in total. The molecule has 1 aromatic carbocycles. The summed E-state index contributed by atoms with van der Waals surface area (Å²) in [6.45, 7) is 4.84. The number of nitrogens with one attached hydrogen (secondary N) is 2. The van der Waals surface area contributed by atoms with Crippen LogP contribution in [0, 0.1) is 0 Å². The maximum absolute atomic E-state index is 12.6. The Morgan fingerprint density at radius 2 is 1.90 bits per heavy atom. The molecule has 1 aliphatic heterocycles. The summed E-state index contributed by atoms with van der Waals surface area (Å²) < 4.78 is 2.26. The van der Waals surface area contributed by atoms with Crippen molar-refractivity contribution in [2.45, 2.75) is 38.4 Å². The van der Waals surface area contributed by atoms with Gasteiger partial charge in [-0.15, -0.1) is 0 Å². The Kier molecular flexibility index (Phi) is 6.32. The van der Waals surface area contributed by atoms with Gasteiger partial charge in [0.15, 0.2) is 5.11 Å². The number of pyridine rings is 1. The number of aromatic nitrogens is 2. The van der Waals surface area contributed by atoms with Gasteiger partial charge in [-0.2, -0.15) is 0 Å². The average molecular weight is 434 g/mol. The first kappa shape index (κ1) is 21.1. The highest BCUT2D eigenvalue weighted by Gasteiger charge is 2.41. The summed E-state index contributed by atoms with van der Waals surface area (Å²) in [4.78, 5) is 19.3. The molecule has 2 aromatic heterocycles. The zero-order chi connectivity index (χ0) is 21.8. The predicted molar refractivity (Wildman–Crippen MR) is 127 cm³/mol. The van der Waals surface area contributed by atoms with Gasteiger partial charge in [-0.05, 0) is 62.5 Å². The summed E-state index contributed by atoms with van der Waals surface area (Å²) >= 11 is 5.71. The standard InChI is InChI=1S/C24H27N5OS/c1-17(2)28-15-8-12-20(28)23-22(19-11-6-7-14-25-19)27-24(31)29(23)16-13-21(30)26-18-9-4-3-5-10-18/h3-12,14-15,17,22-23H,13,16H2,1-2H3,(H,26,30)(H,27,31)/t22-,23-/m1/s1. The molecule has 3 aromatic rings. The van der Waals surface area contributed by atoms with Gasteiger partial charge in [0.05, 0.1) is 17.8 Å². The molecule has 0 spiro atoms. The quantitative estimate of drug-likeness (QED) is 0.539. The van der Waals surface area contributed by atoms with E-state index in [-0.39, 0.29) is 18.0 Å².